The van der Waals surface area contributed by atoms with Crippen LogP contribution in [-0.2, 0) is 0 Å². The average molecular weight is 342 g/mol. The van der Waals surface area contributed by atoms with E-state index in [1.165, 1.54) is 24.3 Å². The summed E-state index contributed by atoms with van der Waals surface area (Å²) < 4.78 is 11.1. The number of fused-ring (bicyclic) bond motifs is 1. The van der Waals surface area contributed by atoms with E-state index in [4.69, 9.17) is 9.47 Å². The molecule has 0 saturated heterocycles. The van der Waals surface area contributed by atoms with Crippen LogP contribution in [-0.4, -0.2) is 24.0 Å². The van der Waals surface area contributed by atoms with Gasteiger partial charge in [0.25, 0.3) is 11.6 Å². The fourth-order valence-electron chi connectivity index (χ4n) is 2.67. The minimum atomic E-state index is -0.494. The molecule has 0 saturated carbocycles. The normalized spacial score (nSPS) is 13.8. The molecule has 7 nitrogen and oxygen atoms in total. The largest absolute Gasteiger partial charge is 0.486 e. The van der Waals surface area contributed by atoms with Crippen molar-refractivity contribution in [1.29, 1.82) is 0 Å². The highest BCUT2D eigenvalue weighted by molar-refractivity contribution is 5.94. The van der Waals surface area contributed by atoms with E-state index in [0.717, 1.165) is 5.56 Å². The molecule has 0 bridgehead atoms. The number of nitro groups is 1. The summed E-state index contributed by atoms with van der Waals surface area (Å²) in [4.78, 5) is 22.6. The minimum absolute atomic E-state index is 0.0459. The highest BCUT2D eigenvalue weighted by Crippen LogP contribution is 2.33. The van der Waals surface area contributed by atoms with Gasteiger partial charge in [0.2, 0.25) is 0 Å². The minimum Gasteiger partial charge on any atom is -0.486 e. The second-order valence-corrected chi connectivity index (χ2v) is 5.64. The lowest BCUT2D eigenvalue weighted by atomic mass is 10.0. The Hall–Kier alpha value is -3.09. The number of hydrogen-bond donors (Lipinski definition) is 1. The molecule has 2 aromatic rings. The zero-order valence-corrected chi connectivity index (χ0v) is 13.7. The number of rotatable bonds is 5. The smallest absolute Gasteiger partial charge is 0.269 e. The molecule has 0 fully saturated rings. The molecule has 1 amide bonds. The van der Waals surface area contributed by atoms with Gasteiger partial charge in [0.15, 0.2) is 11.5 Å². The lowest BCUT2D eigenvalue weighted by Crippen LogP contribution is -2.28. The van der Waals surface area contributed by atoms with Crippen LogP contribution in [0.3, 0.4) is 0 Å². The van der Waals surface area contributed by atoms with Crippen LogP contribution in [0.4, 0.5) is 5.69 Å². The fourth-order valence-corrected chi connectivity index (χ4v) is 2.67. The van der Waals surface area contributed by atoms with Gasteiger partial charge in [-0.2, -0.15) is 0 Å². The number of nitrogens with zero attached hydrogens (tertiary/aromatic N) is 1. The van der Waals surface area contributed by atoms with E-state index in [1.54, 1.807) is 0 Å². The highest BCUT2D eigenvalue weighted by atomic mass is 16.6. The zero-order chi connectivity index (χ0) is 17.8. The lowest BCUT2D eigenvalue weighted by molar-refractivity contribution is -0.384. The molecule has 1 heterocycles. The Morgan fingerprint density at radius 1 is 1.16 bits per heavy atom. The summed E-state index contributed by atoms with van der Waals surface area (Å²) in [7, 11) is 0. The van der Waals surface area contributed by atoms with Gasteiger partial charge in [-0.1, -0.05) is 13.0 Å². The summed E-state index contributed by atoms with van der Waals surface area (Å²) in [5.74, 6) is 1.09. The third-order valence-electron chi connectivity index (χ3n) is 4.02. The second kappa shape index (κ2) is 7.21. The molecule has 7 heteroatoms. The third kappa shape index (κ3) is 3.71. The van der Waals surface area contributed by atoms with E-state index >= 15 is 0 Å². The van der Waals surface area contributed by atoms with Gasteiger partial charge in [-0.25, -0.2) is 0 Å². The monoisotopic (exact) mass is 342 g/mol. The van der Waals surface area contributed by atoms with Gasteiger partial charge >= 0.3 is 0 Å². The molecule has 1 unspecified atom stereocenters. The Labute approximate surface area is 144 Å². The number of benzene rings is 2. The van der Waals surface area contributed by atoms with Gasteiger partial charge in [-0.05, 0) is 36.2 Å². The molecular formula is C18H18N2O5. The van der Waals surface area contributed by atoms with Gasteiger partial charge in [0.05, 0.1) is 11.0 Å². The number of amides is 1. The fraction of sp³-hybridized carbons (Fsp3) is 0.278. The summed E-state index contributed by atoms with van der Waals surface area (Å²) in [6.45, 7) is 3.00. The molecule has 1 atom stereocenters. The third-order valence-corrected chi connectivity index (χ3v) is 4.02. The van der Waals surface area contributed by atoms with Gasteiger partial charge < -0.3 is 14.8 Å². The van der Waals surface area contributed by atoms with Gasteiger partial charge in [0.1, 0.15) is 13.2 Å². The van der Waals surface area contributed by atoms with Crippen molar-refractivity contribution in [3.63, 3.8) is 0 Å². The first kappa shape index (κ1) is 16.8. The molecule has 0 radical (unpaired) electrons. The summed E-state index contributed by atoms with van der Waals surface area (Å²) in [6, 6.07) is 11.0. The molecule has 25 heavy (non-hydrogen) atoms. The maximum absolute atomic E-state index is 12.4. The Morgan fingerprint density at radius 2 is 1.84 bits per heavy atom. The summed E-state index contributed by atoms with van der Waals surface area (Å²) in [5.41, 5.74) is 1.25. The molecule has 2 aromatic carbocycles. The lowest BCUT2D eigenvalue weighted by Gasteiger charge is -2.22. The van der Waals surface area contributed by atoms with Crippen molar-refractivity contribution in [1.82, 2.24) is 5.32 Å². The summed E-state index contributed by atoms with van der Waals surface area (Å²) in [6.07, 6.45) is 0.693. The molecule has 1 N–H and O–H groups in total. The van der Waals surface area contributed by atoms with E-state index in [1.807, 2.05) is 25.1 Å². The van der Waals surface area contributed by atoms with Crippen LogP contribution in [0.25, 0.3) is 0 Å². The van der Waals surface area contributed by atoms with Crippen LogP contribution in [0.5, 0.6) is 11.5 Å². The SMILES string of the molecule is CCC(NC(=O)c1ccc([N+](=O)[O-])cc1)c1ccc2c(c1)OCCO2. The Bertz CT molecular complexity index is 789. The van der Waals surface area contributed by atoms with E-state index in [9.17, 15) is 14.9 Å². The van der Waals surface area contributed by atoms with E-state index in [2.05, 4.69) is 5.32 Å². The molecule has 3 rings (SSSR count). The molecular weight excluding hydrogens is 324 g/mol. The topological polar surface area (TPSA) is 90.7 Å². The first-order chi connectivity index (χ1) is 12.1. The van der Waals surface area contributed by atoms with Crippen LogP contribution < -0.4 is 14.8 Å². The van der Waals surface area contributed by atoms with Crippen LogP contribution in [0.1, 0.15) is 35.3 Å². The molecule has 0 aromatic heterocycles. The Morgan fingerprint density at radius 3 is 2.48 bits per heavy atom. The first-order valence-corrected chi connectivity index (χ1v) is 8.03. The number of nitrogens with one attached hydrogen (secondary N) is 1. The molecule has 0 spiro atoms. The van der Waals surface area contributed by atoms with Crippen molar-refractivity contribution in [2.75, 3.05) is 13.2 Å². The predicted molar refractivity (Wildman–Crippen MR) is 91.0 cm³/mol. The van der Waals surface area contributed by atoms with Crippen molar-refractivity contribution < 1.29 is 19.2 Å². The molecule has 1 aliphatic rings. The van der Waals surface area contributed by atoms with E-state index in [-0.39, 0.29) is 17.6 Å². The summed E-state index contributed by atoms with van der Waals surface area (Å²) >= 11 is 0. The number of nitro benzene ring substituents is 1. The van der Waals surface area contributed by atoms with Gasteiger partial charge in [-0.3, -0.25) is 14.9 Å². The zero-order valence-electron chi connectivity index (χ0n) is 13.7. The Kier molecular flexibility index (Phi) is 4.83. The van der Waals surface area contributed by atoms with Crippen molar-refractivity contribution in [2.24, 2.45) is 0 Å². The van der Waals surface area contributed by atoms with E-state index in [0.29, 0.717) is 36.7 Å². The van der Waals surface area contributed by atoms with E-state index < -0.39 is 4.92 Å². The first-order valence-electron chi connectivity index (χ1n) is 8.03. The average Bonchev–Trinajstić information content (AvgIpc) is 2.65. The van der Waals surface area contributed by atoms with Crippen LogP contribution in [0, 0.1) is 10.1 Å². The number of carbonyl (C=O) groups is 1. The molecule has 0 aliphatic carbocycles. The second-order valence-electron chi connectivity index (χ2n) is 5.64. The van der Waals surface area contributed by atoms with Crippen molar-refractivity contribution in [3.05, 3.63) is 63.7 Å². The van der Waals surface area contributed by atoms with Crippen molar-refractivity contribution in [3.8, 4) is 11.5 Å². The van der Waals surface area contributed by atoms with Crippen molar-refractivity contribution >= 4 is 11.6 Å². The quantitative estimate of drug-likeness (QED) is 0.665. The number of carbonyl (C=O) groups excluding carboxylic acids is 1. The number of ether oxygens (including phenoxy) is 2. The maximum Gasteiger partial charge on any atom is 0.269 e. The number of hydrogen-bond acceptors (Lipinski definition) is 5. The van der Waals surface area contributed by atoms with Gasteiger partial charge in [0, 0.05) is 17.7 Å². The molecule has 1 aliphatic heterocycles. The maximum atomic E-state index is 12.4. The van der Waals surface area contributed by atoms with Crippen LogP contribution >= 0.6 is 0 Å². The number of non-ortho nitro benzene ring substituents is 1. The van der Waals surface area contributed by atoms with Crippen molar-refractivity contribution in [2.45, 2.75) is 19.4 Å². The molecule has 130 valence electrons. The summed E-state index contributed by atoms with van der Waals surface area (Å²) in [5, 5.41) is 13.6. The van der Waals surface area contributed by atoms with Crippen LogP contribution in [0.2, 0.25) is 0 Å². The Balaban J connectivity index is 1.75. The van der Waals surface area contributed by atoms with Crippen LogP contribution in [0.15, 0.2) is 42.5 Å². The highest BCUT2D eigenvalue weighted by Gasteiger charge is 2.18. The predicted octanol–water partition coefficient (Wildman–Crippen LogP) is 3.25. The van der Waals surface area contributed by atoms with Gasteiger partial charge in [-0.15, -0.1) is 0 Å². The standard InChI is InChI=1S/C18H18N2O5/c1-2-15(13-5-8-16-17(11-13)25-10-9-24-16)19-18(21)12-3-6-14(7-4-12)20(22)23/h3-8,11,15H,2,9-10H2,1H3,(H,19,21).